The van der Waals surface area contributed by atoms with Crippen LogP contribution in [0.25, 0.3) is 10.8 Å². The molecule has 32 heavy (non-hydrogen) atoms. The molecule has 2 aromatic carbocycles. The first-order chi connectivity index (χ1) is 15.4. The van der Waals surface area contributed by atoms with E-state index in [2.05, 4.69) is 31.3 Å². The molecule has 1 amide bonds. The summed E-state index contributed by atoms with van der Waals surface area (Å²) in [5.74, 6) is 0.597. The maximum absolute atomic E-state index is 13.0. The molecule has 1 aliphatic heterocycles. The van der Waals surface area contributed by atoms with Crippen LogP contribution in [0.1, 0.15) is 50.5 Å². The highest BCUT2D eigenvalue weighted by atomic mass is 32.1. The van der Waals surface area contributed by atoms with E-state index in [9.17, 15) is 9.59 Å². The SMILES string of the molecule is C[N+]1(CC2CCC2)CCc2c(sc(CC(=O)Cc3ccc4ccccc4c3)c2C(N)=O)C1. The van der Waals surface area contributed by atoms with Gasteiger partial charge in [-0.1, -0.05) is 48.9 Å². The van der Waals surface area contributed by atoms with Gasteiger partial charge in [-0.2, -0.15) is 0 Å². The van der Waals surface area contributed by atoms with Crippen molar-refractivity contribution in [3.05, 3.63) is 68.9 Å². The van der Waals surface area contributed by atoms with Gasteiger partial charge in [0.05, 0.1) is 30.6 Å². The van der Waals surface area contributed by atoms with E-state index >= 15 is 0 Å². The van der Waals surface area contributed by atoms with Crippen LogP contribution in [-0.2, 0) is 30.6 Å². The van der Waals surface area contributed by atoms with Crippen LogP contribution in [0, 0.1) is 5.92 Å². The van der Waals surface area contributed by atoms with Gasteiger partial charge in [-0.05, 0) is 34.7 Å². The molecular weight excluding hydrogens is 416 g/mol. The lowest BCUT2D eigenvalue weighted by atomic mass is 9.84. The largest absolute Gasteiger partial charge is 0.366 e. The van der Waals surface area contributed by atoms with E-state index in [1.54, 1.807) is 11.3 Å². The average Bonchev–Trinajstić information content (AvgIpc) is 3.07. The number of benzene rings is 2. The minimum atomic E-state index is -0.383. The van der Waals surface area contributed by atoms with E-state index in [1.165, 1.54) is 36.1 Å². The molecule has 1 aliphatic carbocycles. The van der Waals surface area contributed by atoms with Gasteiger partial charge in [-0.3, -0.25) is 9.59 Å². The topological polar surface area (TPSA) is 60.2 Å². The molecule has 0 saturated heterocycles. The summed E-state index contributed by atoms with van der Waals surface area (Å²) >= 11 is 1.65. The number of thiophene rings is 1. The number of Topliss-reactive ketones (excluding diaryl/α,β-unsaturated/α-hetero) is 1. The van der Waals surface area contributed by atoms with E-state index < -0.39 is 0 Å². The molecule has 5 heteroatoms. The number of nitrogens with two attached hydrogens (primary N) is 1. The Hall–Kier alpha value is -2.50. The zero-order valence-corrected chi connectivity index (χ0v) is 19.5. The normalized spacial score (nSPS) is 20.7. The van der Waals surface area contributed by atoms with E-state index in [0.29, 0.717) is 12.0 Å². The average molecular weight is 448 g/mol. The van der Waals surface area contributed by atoms with Crippen molar-refractivity contribution in [1.29, 1.82) is 0 Å². The minimum absolute atomic E-state index is 0.132. The molecule has 3 aromatic rings. The Morgan fingerprint density at radius 3 is 2.59 bits per heavy atom. The van der Waals surface area contributed by atoms with Gasteiger partial charge in [-0.15, -0.1) is 11.3 Å². The lowest BCUT2D eigenvalue weighted by Gasteiger charge is -2.42. The highest BCUT2D eigenvalue weighted by Gasteiger charge is 2.37. The zero-order chi connectivity index (χ0) is 22.3. The lowest BCUT2D eigenvalue weighted by molar-refractivity contribution is -0.927. The Morgan fingerprint density at radius 1 is 1.09 bits per heavy atom. The van der Waals surface area contributed by atoms with Crippen LogP contribution in [0.4, 0.5) is 0 Å². The standard InChI is InChI=1S/C27H30N2O2S/c1-29(16-18-5-4-6-18)12-11-23-25(17-29)32-24(26(23)27(28)31)15-22(30)14-19-9-10-20-7-2-3-8-21(20)13-19/h2-3,7-10,13,18H,4-6,11-12,14-17H2,1H3,(H-,28,31)/p+1. The summed E-state index contributed by atoms with van der Waals surface area (Å²) in [5.41, 5.74) is 8.56. The lowest BCUT2D eigenvalue weighted by Crippen LogP contribution is -2.51. The number of carbonyl (C=O) groups is 2. The van der Waals surface area contributed by atoms with Crippen molar-refractivity contribution in [2.45, 2.75) is 45.1 Å². The number of primary amides is 1. The highest BCUT2D eigenvalue weighted by Crippen LogP contribution is 2.38. The van der Waals surface area contributed by atoms with Gasteiger partial charge in [0.2, 0.25) is 5.91 Å². The molecule has 1 saturated carbocycles. The van der Waals surface area contributed by atoms with Crippen molar-refractivity contribution in [2.24, 2.45) is 11.7 Å². The monoisotopic (exact) mass is 447 g/mol. The number of carbonyl (C=O) groups excluding carboxylic acids is 2. The molecule has 5 rings (SSSR count). The van der Waals surface area contributed by atoms with Crippen LogP contribution >= 0.6 is 11.3 Å². The predicted octanol–water partition coefficient (Wildman–Crippen LogP) is 4.66. The summed E-state index contributed by atoms with van der Waals surface area (Å²) in [5, 5.41) is 2.32. The summed E-state index contributed by atoms with van der Waals surface area (Å²) in [6.45, 7) is 3.22. The summed E-state index contributed by atoms with van der Waals surface area (Å²) < 4.78 is 1.04. The Labute approximate surface area is 193 Å². The molecule has 0 radical (unpaired) electrons. The maximum Gasteiger partial charge on any atom is 0.250 e. The molecule has 0 bridgehead atoms. The van der Waals surface area contributed by atoms with Crippen LogP contribution in [-0.4, -0.2) is 36.3 Å². The Bertz CT molecular complexity index is 1190. The Morgan fingerprint density at radius 2 is 1.88 bits per heavy atom. The van der Waals surface area contributed by atoms with Crippen molar-refractivity contribution in [1.82, 2.24) is 0 Å². The summed E-state index contributed by atoms with van der Waals surface area (Å²) in [6, 6.07) is 14.4. The second-order valence-electron chi connectivity index (χ2n) is 9.97. The number of hydrogen-bond acceptors (Lipinski definition) is 3. The summed E-state index contributed by atoms with van der Waals surface area (Å²) in [7, 11) is 2.34. The van der Waals surface area contributed by atoms with Gasteiger partial charge in [-0.25, -0.2) is 0 Å². The van der Waals surface area contributed by atoms with Crippen LogP contribution in [0.5, 0.6) is 0 Å². The molecule has 166 valence electrons. The van der Waals surface area contributed by atoms with Crippen LogP contribution in [0.2, 0.25) is 0 Å². The molecule has 1 atom stereocenters. The summed E-state index contributed by atoms with van der Waals surface area (Å²) in [6.07, 6.45) is 5.62. The minimum Gasteiger partial charge on any atom is -0.366 e. The third-order valence-corrected chi connectivity index (χ3v) is 8.55. The number of likely N-dealkylation sites (N-methyl/N-ethyl adjacent to an activating group) is 1. The van der Waals surface area contributed by atoms with Crippen LogP contribution < -0.4 is 5.73 Å². The number of hydrogen-bond donors (Lipinski definition) is 1. The van der Waals surface area contributed by atoms with Crippen molar-refractivity contribution in [3.63, 3.8) is 0 Å². The van der Waals surface area contributed by atoms with Gasteiger partial charge in [0.15, 0.2) is 0 Å². The molecule has 2 heterocycles. The highest BCUT2D eigenvalue weighted by molar-refractivity contribution is 7.12. The molecule has 2 aliphatic rings. The number of quaternary nitrogens is 1. The quantitative estimate of drug-likeness (QED) is 0.536. The van der Waals surface area contributed by atoms with Gasteiger partial charge >= 0.3 is 0 Å². The van der Waals surface area contributed by atoms with Gasteiger partial charge in [0, 0.05) is 30.1 Å². The first-order valence-corrected chi connectivity index (χ1v) is 12.5. The van der Waals surface area contributed by atoms with E-state index in [0.717, 1.165) is 51.3 Å². The third-order valence-electron chi connectivity index (χ3n) is 7.33. The molecule has 4 nitrogen and oxygen atoms in total. The number of amides is 1. The molecule has 1 unspecified atom stereocenters. The molecule has 1 fully saturated rings. The second-order valence-corrected chi connectivity index (χ2v) is 11.2. The second kappa shape index (κ2) is 8.45. The van der Waals surface area contributed by atoms with E-state index in [4.69, 9.17) is 5.73 Å². The fourth-order valence-corrected chi connectivity index (χ4v) is 7.01. The smallest absolute Gasteiger partial charge is 0.250 e. The molecule has 1 aromatic heterocycles. The van der Waals surface area contributed by atoms with Crippen molar-refractivity contribution in [2.75, 3.05) is 20.1 Å². The number of nitrogens with zero attached hydrogens (tertiary/aromatic N) is 1. The maximum atomic E-state index is 13.0. The van der Waals surface area contributed by atoms with Gasteiger partial charge < -0.3 is 10.2 Å². The predicted molar refractivity (Wildman–Crippen MR) is 130 cm³/mol. The fraction of sp³-hybridized carbons (Fsp3) is 0.407. The zero-order valence-electron chi connectivity index (χ0n) is 18.7. The van der Waals surface area contributed by atoms with Crippen molar-refractivity contribution in [3.8, 4) is 0 Å². The molecule has 2 N–H and O–H groups in total. The van der Waals surface area contributed by atoms with Gasteiger partial charge in [0.25, 0.3) is 0 Å². The molecular formula is C27H31N2O2S+. The Balaban J connectivity index is 1.34. The van der Waals surface area contributed by atoms with E-state index in [-0.39, 0.29) is 18.1 Å². The number of rotatable bonds is 7. The first kappa shape index (κ1) is 21.4. The Kier molecular flexibility index (Phi) is 5.64. The number of ketones is 1. The van der Waals surface area contributed by atoms with E-state index in [1.807, 2.05) is 18.2 Å². The fourth-order valence-electron chi connectivity index (χ4n) is 5.45. The first-order valence-electron chi connectivity index (χ1n) is 11.7. The molecule has 0 spiro atoms. The van der Waals surface area contributed by atoms with Crippen LogP contribution in [0.15, 0.2) is 42.5 Å². The van der Waals surface area contributed by atoms with Gasteiger partial charge in [0.1, 0.15) is 12.3 Å². The van der Waals surface area contributed by atoms with Crippen molar-refractivity contribution < 1.29 is 14.1 Å². The number of fused-ring (bicyclic) bond motifs is 2. The third kappa shape index (κ3) is 4.24. The van der Waals surface area contributed by atoms with Crippen molar-refractivity contribution >= 4 is 33.8 Å². The summed E-state index contributed by atoms with van der Waals surface area (Å²) in [4.78, 5) is 27.5. The van der Waals surface area contributed by atoms with Crippen LogP contribution in [0.3, 0.4) is 0 Å².